The fourth-order valence-corrected chi connectivity index (χ4v) is 4.91. The number of halogens is 7. The minimum Gasteiger partial charge on any atom is -0.368 e. The van der Waals surface area contributed by atoms with E-state index in [2.05, 4.69) is 0 Å². The van der Waals surface area contributed by atoms with E-state index in [0.717, 1.165) is 0 Å². The summed E-state index contributed by atoms with van der Waals surface area (Å²) >= 11 is 1.24. The molecule has 3 nitrogen and oxygen atoms in total. The van der Waals surface area contributed by atoms with Gasteiger partial charge in [-0.2, -0.15) is 26.3 Å². The first-order valence-electron chi connectivity index (χ1n) is 10.9. The minimum atomic E-state index is -4.98. The number of hydrogen-bond donors (Lipinski definition) is 0. The van der Waals surface area contributed by atoms with Crippen molar-refractivity contribution in [2.45, 2.75) is 37.4 Å². The molecule has 3 unspecified atom stereocenters. The molecule has 1 fully saturated rings. The summed E-state index contributed by atoms with van der Waals surface area (Å²) in [5.74, 6) is -1.21. The fourth-order valence-electron chi connectivity index (χ4n) is 4.22. The molecule has 1 saturated heterocycles. The Labute approximate surface area is 206 Å². The first-order chi connectivity index (χ1) is 16.8. The van der Waals surface area contributed by atoms with Gasteiger partial charge in [-0.15, -0.1) is 11.3 Å². The van der Waals surface area contributed by atoms with Crippen LogP contribution >= 0.6 is 11.3 Å². The van der Waals surface area contributed by atoms with Crippen LogP contribution in [-0.2, 0) is 17.1 Å². The zero-order valence-electron chi connectivity index (χ0n) is 18.7. The third-order valence-electron chi connectivity index (χ3n) is 6.04. The number of ether oxygens (including phenoxy) is 1. The molecule has 3 atom stereocenters. The lowest BCUT2D eigenvalue weighted by molar-refractivity contribution is -0.143. The molecule has 0 saturated carbocycles. The van der Waals surface area contributed by atoms with E-state index in [1.165, 1.54) is 47.4 Å². The number of carbonyl (C=O) groups is 1. The second-order valence-corrected chi connectivity index (χ2v) is 9.45. The standard InChI is InChI=1S/C25H20F7NO2S/c1-14(16-9-17(24(27,28)29)11-18(10-16)25(30,31)32)35-21-13-33(23(34)22-3-2-8-36-22)12-20(21)15-4-6-19(26)7-5-15/h2-11,14,20-21H,12-13H2,1H3. The number of rotatable bonds is 5. The van der Waals surface area contributed by atoms with Crippen LogP contribution in [0.4, 0.5) is 30.7 Å². The van der Waals surface area contributed by atoms with Crippen molar-refractivity contribution >= 4 is 17.2 Å². The molecule has 3 aromatic rings. The lowest BCUT2D eigenvalue weighted by Gasteiger charge is -2.25. The van der Waals surface area contributed by atoms with Crippen molar-refractivity contribution in [2.75, 3.05) is 13.1 Å². The van der Waals surface area contributed by atoms with Crippen LogP contribution < -0.4 is 0 Å². The van der Waals surface area contributed by atoms with E-state index >= 15 is 0 Å². The number of amides is 1. The van der Waals surface area contributed by atoms with Gasteiger partial charge in [-0.1, -0.05) is 18.2 Å². The number of likely N-dealkylation sites (tertiary alicyclic amines) is 1. The molecule has 0 aliphatic carbocycles. The Bertz CT molecular complexity index is 1170. The van der Waals surface area contributed by atoms with Crippen molar-refractivity contribution < 1.29 is 40.3 Å². The third-order valence-corrected chi connectivity index (χ3v) is 6.90. The summed E-state index contributed by atoms with van der Waals surface area (Å²) in [4.78, 5) is 14.9. The predicted molar refractivity (Wildman–Crippen MR) is 119 cm³/mol. The maximum absolute atomic E-state index is 13.5. The Morgan fingerprint density at radius 3 is 2.11 bits per heavy atom. The molecule has 4 rings (SSSR count). The topological polar surface area (TPSA) is 29.5 Å². The summed E-state index contributed by atoms with van der Waals surface area (Å²) < 4.78 is 99.4. The molecule has 2 heterocycles. The molecule has 2 aromatic carbocycles. The van der Waals surface area contributed by atoms with E-state index < -0.39 is 47.4 Å². The van der Waals surface area contributed by atoms with Crippen LogP contribution in [0.2, 0.25) is 0 Å². The smallest absolute Gasteiger partial charge is 0.368 e. The van der Waals surface area contributed by atoms with Crippen molar-refractivity contribution in [2.24, 2.45) is 0 Å². The van der Waals surface area contributed by atoms with Gasteiger partial charge in [0.2, 0.25) is 0 Å². The molecule has 1 amide bonds. The summed E-state index contributed by atoms with van der Waals surface area (Å²) in [7, 11) is 0. The van der Waals surface area contributed by atoms with Gasteiger partial charge in [0, 0.05) is 19.0 Å². The van der Waals surface area contributed by atoms with E-state index in [9.17, 15) is 35.5 Å². The first-order valence-corrected chi connectivity index (χ1v) is 11.7. The first kappa shape index (κ1) is 26.2. The molecule has 36 heavy (non-hydrogen) atoms. The van der Waals surface area contributed by atoms with Crippen LogP contribution in [0.1, 0.15) is 50.9 Å². The summed E-state index contributed by atoms with van der Waals surface area (Å²) in [5, 5.41) is 1.74. The molecule has 11 heteroatoms. The highest BCUT2D eigenvalue weighted by atomic mass is 32.1. The van der Waals surface area contributed by atoms with E-state index in [1.807, 2.05) is 0 Å². The SMILES string of the molecule is CC(OC1CN(C(=O)c2cccs2)CC1c1ccc(F)cc1)c1cc(C(F)(F)F)cc(C(F)(F)F)c1. The molecule has 0 N–H and O–H groups in total. The maximum Gasteiger partial charge on any atom is 0.416 e. The average molecular weight is 531 g/mol. The highest BCUT2D eigenvalue weighted by Gasteiger charge is 2.40. The van der Waals surface area contributed by atoms with Crippen molar-refractivity contribution in [3.63, 3.8) is 0 Å². The van der Waals surface area contributed by atoms with Crippen LogP contribution in [0.15, 0.2) is 60.0 Å². The van der Waals surface area contributed by atoms with Gasteiger partial charge >= 0.3 is 12.4 Å². The second kappa shape index (κ2) is 9.85. The molecule has 0 bridgehead atoms. The van der Waals surface area contributed by atoms with E-state index in [1.54, 1.807) is 17.5 Å². The lowest BCUT2D eigenvalue weighted by Crippen LogP contribution is -2.29. The van der Waals surface area contributed by atoms with Crippen LogP contribution in [-0.4, -0.2) is 30.0 Å². The van der Waals surface area contributed by atoms with Crippen molar-refractivity contribution in [1.82, 2.24) is 4.90 Å². The van der Waals surface area contributed by atoms with E-state index in [4.69, 9.17) is 4.74 Å². The number of alkyl halides is 6. The summed E-state index contributed by atoms with van der Waals surface area (Å²) in [5.41, 5.74) is -2.52. The summed E-state index contributed by atoms with van der Waals surface area (Å²) in [6.45, 7) is 1.62. The molecule has 192 valence electrons. The Kier molecular flexibility index (Phi) is 7.16. The van der Waals surface area contributed by atoms with Gasteiger partial charge in [0.1, 0.15) is 5.82 Å². The van der Waals surface area contributed by atoms with Crippen molar-refractivity contribution in [3.8, 4) is 0 Å². The number of hydrogen-bond acceptors (Lipinski definition) is 3. The van der Waals surface area contributed by atoms with Gasteiger partial charge < -0.3 is 9.64 Å². The molecule has 0 radical (unpaired) electrons. The largest absolute Gasteiger partial charge is 0.416 e. The maximum atomic E-state index is 13.5. The third kappa shape index (κ3) is 5.73. The van der Waals surface area contributed by atoms with Gasteiger partial charge in [0.25, 0.3) is 5.91 Å². The van der Waals surface area contributed by atoms with Crippen molar-refractivity contribution in [1.29, 1.82) is 0 Å². The van der Waals surface area contributed by atoms with E-state index in [0.29, 0.717) is 22.6 Å². The minimum absolute atomic E-state index is 0.0637. The number of carbonyl (C=O) groups excluding carboxylic acids is 1. The summed E-state index contributed by atoms with van der Waals surface area (Å²) in [6.07, 6.45) is -11.9. The number of nitrogens with zero attached hydrogens (tertiary/aromatic N) is 1. The molecular formula is C25H20F7NO2S. The zero-order chi connectivity index (χ0) is 26.3. The highest BCUT2D eigenvalue weighted by molar-refractivity contribution is 7.12. The molecule has 1 aliphatic heterocycles. The Morgan fingerprint density at radius 1 is 0.972 bits per heavy atom. The highest BCUT2D eigenvalue weighted by Crippen LogP contribution is 2.39. The van der Waals surface area contributed by atoms with Gasteiger partial charge in [-0.05, 0) is 59.8 Å². The Balaban J connectivity index is 1.64. The normalized spacial score (nSPS) is 19.5. The van der Waals surface area contributed by atoms with Gasteiger partial charge in [0.15, 0.2) is 0 Å². The monoisotopic (exact) mass is 531 g/mol. The Hall–Kier alpha value is -2.92. The average Bonchev–Trinajstić information content (AvgIpc) is 3.48. The molecule has 1 aromatic heterocycles. The fraction of sp³-hybridized carbons (Fsp3) is 0.320. The van der Waals surface area contributed by atoms with Crippen LogP contribution in [0.3, 0.4) is 0 Å². The van der Waals surface area contributed by atoms with Crippen LogP contribution in [0.25, 0.3) is 0 Å². The lowest BCUT2D eigenvalue weighted by atomic mass is 9.95. The van der Waals surface area contributed by atoms with Gasteiger partial charge in [-0.3, -0.25) is 4.79 Å². The number of benzene rings is 2. The molecule has 0 spiro atoms. The number of thiophene rings is 1. The zero-order valence-corrected chi connectivity index (χ0v) is 19.6. The van der Waals surface area contributed by atoms with Gasteiger partial charge in [-0.25, -0.2) is 4.39 Å². The second-order valence-electron chi connectivity index (χ2n) is 8.50. The quantitative estimate of drug-likeness (QED) is 0.323. The van der Waals surface area contributed by atoms with E-state index in [-0.39, 0.29) is 30.6 Å². The Morgan fingerprint density at radius 2 is 1.58 bits per heavy atom. The van der Waals surface area contributed by atoms with Crippen LogP contribution in [0, 0.1) is 5.82 Å². The van der Waals surface area contributed by atoms with Gasteiger partial charge in [0.05, 0.1) is 28.2 Å². The molecule has 1 aliphatic rings. The molecular weight excluding hydrogens is 511 g/mol. The van der Waals surface area contributed by atoms with Crippen LogP contribution in [0.5, 0.6) is 0 Å². The van der Waals surface area contributed by atoms with Crippen molar-refractivity contribution in [3.05, 3.63) is 92.9 Å². The summed E-state index contributed by atoms with van der Waals surface area (Å²) in [6, 6.07) is 10.2. The predicted octanol–water partition coefficient (Wildman–Crippen LogP) is 7.31.